The quantitative estimate of drug-likeness (QED) is 0.688. The molecule has 0 saturated carbocycles. The summed E-state index contributed by atoms with van der Waals surface area (Å²) >= 11 is 0. The molecule has 0 bridgehead atoms. The van der Waals surface area contributed by atoms with E-state index in [0.29, 0.717) is 6.54 Å². The number of carbonyl (C=O) groups is 1. The third-order valence-electron chi connectivity index (χ3n) is 5.62. The fourth-order valence-electron chi connectivity index (χ4n) is 4.07. The largest absolute Gasteiger partial charge is 0.494 e. The molecule has 0 aromatic heterocycles. The standard InChI is InChI=1S/C22H35N3O2/c1-23(2)18-22(26)25-14-9-19-7-8-21(17-20(19)10-15-25)27-16-6-13-24-11-4-3-5-12-24/h7-8,17H,3-6,9-16,18H2,1-2H3. The van der Waals surface area contributed by atoms with Gasteiger partial charge in [0, 0.05) is 19.6 Å². The van der Waals surface area contributed by atoms with Crippen LogP contribution in [-0.2, 0) is 17.6 Å². The van der Waals surface area contributed by atoms with Crippen LogP contribution in [0.5, 0.6) is 5.75 Å². The topological polar surface area (TPSA) is 36.0 Å². The van der Waals surface area contributed by atoms with E-state index in [1.54, 1.807) is 0 Å². The lowest BCUT2D eigenvalue weighted by Gasteiger charge is -2.26. The first kappa shape index (κ1) is 20.2. The summed E-state index contributed by atoms with van der Waals surface area (Å²) in [6.45, 7) is 6.54. The lowest BCUT2D eigenvalue weighted by Crippen LogP contribution is -2.39. The van der Waals surface area contributed by atoms with Crippen molar-refractivity contribution in [3.63, 3.8) is 0 Å². The summed E-state index contributed by atoms with van der Waals surface area (Å²) in [6, 6.07) is 6.47. The molecule has 0 atom stereocenters. The summed E-state index contributed by atoms with van der Waals surface area (Å²) in [7, 11) is 3.89. The van der Waals surface area contributed by atoms with Gasteiger partial charge in [-0.15, -0.1) is 0 Å². The Balaban J connectivity index is 1.46. The van der Waals surface area contributed by atoms with Crippen LogP contribution >= 0.6 is 0 Å². The van der Waals surface area contributed by atoms with Crippen LogP contribution < -0.4 is 4.74 Å². The molecular formula is C22H35N3O2. The monoisotopic (exact) mass is 373 g/mol. The number of benzene rings is 1. The molecule has 1 aromatic carbocycles. The van der Waals surface area contributed by atoms with Gasteiger partial charge in [0.1, 0.15) is 5.75 Å². The Morgan fingerprint density at radius 1 is 1.04 bits per heavy atom. The maximum absolute atomic E-state index is 12.3. The SMILES string of the molecule is CN(C)CC(=O)N1CCc2ccc(OCCCN3CCCCC3)cc2CC1. The number of carbonyl (C=O) groups excluding carboxylic acids is 1. The average molecular weight is 374 g/mol. The number of rotatable bonds is 7. The lowest BCUT2D eigenvalue weighted by molar-refractivity contribution is -0.131. The Hall–Kier alpha value is -1.59. The van der Waals surface area contributed by atoms with Crippen LogP contribution in [-0.4, -0.2) is 80.6 Å². The molecule has 2 aliphatic rings. The Labute approximate surface area is 164 Å². The van der Waals surface area contributed by atoms with Gasteiger partial charge in [0.15, 0.2) is 0 Å². The van der Waals surface area contributed by atoms with Crippen molar-refractivity contribution in [2.24, 2.45) is 0 Å². The molecule has 27 heavy (non-hydrogen) atoms. The molecule has 0 unspecified atom stereocenters. The molecule has 0 spiro atoms. The van der Waals surface area contributed by atoms with Crippen molar-refractivity contribution >= 4 is 5.91 Å². The van der Waals surface area contributed by atoms with Gasteiger partial charge in [0.2, 0.25) is 5.91 Å². The fraction of sp³-hybridized carbons (Fsp3) is 0.682. The first-order valence-corrected chi connectivity index (χ1v) is 10.5. The molecule has 1 fully saturated rings. The summed E-state index contributed by atoms with van der Waals surface area (Å²) < 4.78 is 6.02. The summed E-state index contributed by atoms with van der Waals surface area (Å²) in [5.74, 6) is 1.20. The minimum atomic E-state index is 0.224. The van der Waals surface area contributed by atoms with Gasteiger partial charge in [-0.2, -0.15) is 0 Å². The molecule has 2 heterocycles. The number of hydrogen-bond acceptors (Lipinski definition) is 4. The van der Waals surface area contributed by atoms with Crippen molar-refractivity contribution in [3.8, 4) is 5.75 Å². The Bertz CT molecular complexity index is 612. The van der Waals surface area contributed by atoms with E-state index in [-0.39, 0.29) is 5.91 Å². The first-order valence-electron chi connectivity index (χ1n) is 10.5. The smallest absolute Gasteiger partial charge is 0.236 e. The van der Waals surface area contributed by atoms with E-state index >= 15 is 0 Å². The molecule has 5 nitrogen and oxygen atoms in total. The van der Waals surface area contributed by atoms with E-state index in [0.717, 1.165) is 51.3 Å². The van der Waals surface area contributed by atoms with Crippen molar-refractivity contribution in [1.82, 2.24) is 14.7 Å². The number of hydrogen-bond donors (Lipinski definition) is 0. The van der Waals surface area contributed by atoms with E-state index < -0.39 is 0 Å². The lowest BCUT2D eigenvalue weighted by atomic mass is 10.0. The molecule has 2 aliphatic heterocycles. The van der Waals surface area contributed by atoms with Gasteiger partial charge in [-0.3, -0.25) is 4.79 Å². The van der Waals surface area contributed by atoms with Crippen LogP contribution in [0.2, 0.25) is 0 Å². The van der Waals surface area contributed by atoms with Gasteiger partial charge in [0.25, 0.3) is 0 Å². The fourth-order valence-corrected chi connectivity index (χ4v) is 4.07. The molecule has 1 saturated heterocycles. The maximum atomic E-state index is 12.3. The highest BCUT2D eigenvalue weighted by Gasteiger charge is 2.19. The molecule has 5 heteroatoms. The Morgan fingerprint density at radius 2 is 1.78 bits per heavy atom. The number of likely N-dealkylation sites (tertiary alicyclic amines) is 1. The Morgan fingerprint density at radius 3 is 2.52 bits per heavy atom. The minimum absolute atomic E-state index is 0.224. The van der Waals surface area contributed by atoms with Gasteiger partial charge >= 0.3 is 0 Å². The van der Waals surface area contributed by atoms with E-state index in [9.17, 15) is 4.79 Å². The third-order valence-corrected chi connectivity index (χ3v) is 5.62. The molecule has 0 aliphatic carbocycles. The van der Waals surface area contributed by atoms with Gasteiger partial charge in [-0.1, -0.05) is 12.5 Å². The second kappa shape index (κ2) is 10.1. The minimum Gasteiger partial charge on any atom is -0.494 e. The molecular weight excluding hydrogens is 338 g/mol. The molecule has 3 rings (SSSR count). The zero-order valence-corrected chi connectivity index (χ0v) is 17.1. The summed E-state index contributed by atoms with van der Waals surface area (Å²) in [6.07, 6.45) is 7.02. The summed E-state index contributed by atoms with van der Waals surface area (Å²) in [4.78, 5) is 18.8. The van der Waals surface area contributed by atoms with Crippen molar-refractivity contribution in [1.29, 1.82) is 0 Å². The van der Waals surface area contributed by atoms with Crippen molar-refractivity contribution in [2.75, 3.05) is 60.0 Å². The highest BCUT2D eigenvalue weighted by molar-refractivity contribution is 5.78. The van der Waals surface area contributed by atoms with Crippen LogP contribution in [0.1, 0.15) is 36.8 Å². The number of amides is 1. The molecule has 0 N–H and O–H groups in total. The summed E-state index contributed by atoms with van der Waals surface area (Å²) in [5.41, 5.74) is 2.69. The van der Waals surface area contributed by atoms with Crippen LogP contribution in [0.25, 0.3) is 0 Å². The second-order valence-electron chi connectivity index (χ2n) is 8.15. The maximum Gasteiger partial charge on any atom is 0.236 e. The van der Waals surface area contributed by atoms with Crippen LogP contribution in [0.15, 0.2) is 18.2 Å². The van der Waals surface area contributed by atoms with Crippen molar-refractivity contribution in [2.45, 2.75) is 38.5 Å². The Kier molecular flexibility index (Phi) is 7.53. The predicted molar refractivity (Wildman–Crippen MR) is 109 cm³/mol. The number of nitrogens with zero attached hydrogens (tertiary/aromatic N) is 3. The number of likely N-dealkylation sites (N-methyl/N-ethyl adjacent to an activating group) is 1. The van der Waals surface area contributed by atoms with Gasteiger partial charge < -0.3 is 19.4 Å². The van der Waals surface area contributed by atoms with Crippen molar-refractivity contribution < 1.29 is 9.53 Å². The van der Waals surface area contributed by atoms with E-state index in [1.807, 2.05) is 23.9 Å². The van der Waals surface area contributed by atoms with Gasteiger partial charge in [-0.05, 0) is 82.5 Å². The van der Waals surface area contributed by atoms with Crippen molar-refractivity contribution in [3.05, 3.63) is 29.3 Å². The highest BCUT2D eigenvalue weighted by Crippen LogP contribution is 2.22. The van der Waals surface area contributed by atoms with Gasteiger partial charge in [-0.25, -0.2) is 0 Å². The zero-order chi connectivity index (χ0) is 19.1. The van der Waals surface area contributed by atoms with Gasteiger partial charge in [0.05, 0.1) is 13.2 Å². The normalized spacial score (nSPS) is 18.3. The van der Waals surface area contributed by atoms with E-state index in [1.165, 1.54) is 43.5 Å². The number of ether oxygens (including phenoxy) is 1. The molecule has 1 aromatic rings. The summed E-state index contributed by atoms with van der Waals surface area (Å²) in [5, 5.41) is 0. The average Bonchev–Trinajstić information content (AvgIpc) is 2.88. The molecule has 1 amide bonds. The van der Waals surface area contributed by atoms with Crippen LogP contribution in [0, 0.1) is 0 Å². The van der Waals surface area contributed by atoms with E-state index in [2.05, 4.69) is 23.1 Å². The molecule has 0 radical (unpaired) electrons. The first-order chi connectivity index (χ1) is 13.1. The number of fused-ring (bicyclic) bond motifs is 1. The number of piperidine rings is 1. The zero-order valence-electron chi connectivity index (χ0n) is 17.1. The van der Waals surface area contributed by atoms with Crippen LogP contribution in [0.3, 0.4) is 0 Å². The van der Waals surface area contributed by atoms with E-state index in [4.69, 9.17) is 4.74 Å². The third kappa shape index (κ3) is 6.22. The van der Waals surface area contributed by atoms with Crippen LogP contribution in [0.4, 0.5) is 0 Å². The highest BCUT2D eigenvalue weighted by atomic mass is 16.5. The second-order valence-corrected chi connectivity index (χ2v) is 8.15. The predicted octanol–water partition coefficient (Wildman–Crippen LogP) is 2.43. The molecule has 150 valence electrons.